The SMILES string of the molecule is CC(CC1CC1)(OCCCO)C(=O)O. The van der Waals surface area contributed by atoms with E-state index in [-0.39, 0.29) is 6.61 Å². The van der Waals surface area contributed by atoms with Crippen LogP contribution in [0.4, 0.5) is 0 Å². The molecule has 4 nitrogen and oxygen atoms in total. The topological polar surface area (TPSA) is 66.8 Å². The third kappa shape index (κ3) is 3.27. The highest BCUT2D eigenvalue weighted by atomic mass is 16.5. The number of aliphatic carboxylic acids is 1. The first kappa shape index (κ1) is 11.5. The highest BCUT2D eigenvalue weighted by Crippen LogP contribution is 2.38. The number of ether oxygens (including phenoxy) is 1. The van der Waals surface area contributed by atoms with Crippen LogP contribution in [0.1, 0.15) is 32.6 Å². The van der Waals surface area contributed by atoms with E-state index >= 15 is 0 Å². The van der Waals surface area contributed by atoms with Crippen molar-refractivity contribution < 1.29 is 19.7 Å². The zero-order valence-corrected chi connectivity index (χ0v) is 8.53. The van der Waals surface area contributed by atoms with Crippen LogP contribution in [0, 0.1) is 5.92 Å². The van der Waals surface area contributed by atoms with Crippen molar-refractivity contribution in [1.82, 2.24) is 0 Å². The minimum Gasteiger partial charge on any atom is -0.479 e. The summed E-state index contributed by atoms with van der Waals surface area (Å²) in [5, 5.41) is 17.6. The molecule has 1 atom stereocenters. The Morgan fingerprint density at radius 1 is 1.57 bits per heavy atom. The van der Waals surface area contributed by atoms with Crippen LogP contribution in [0.25, 0.3) is 0 Å². The lowest BCUT2D eigenvalue weighted by molar-refractivity contribution is -0.165. The van der Waals surface area contributed by atoms with Crippen molar-refractivity contribution in [2.45, 2.75) is 38.2 Å². The Hall–Kier alpha value is -0.610. The molecule has 0 aromatic carbocycles. The summed E-state index contributed by atoms with van der Waals surface area (Å²) in [6.07, 6.45) is 3.32. The van der Waals surface area contributed by atoms with Gasteiger partial charge >= 0.3 is 5.97 Å². The molecular weight excluding hydrogens is 184 g/mol. The zero-order chi connectivity index (χ0) is 10.6. The second-order valence-corrected chi connectivity index (χ2v) is 4.11. The first-order valence-electron chi connectivity index (χ1n) is 5.07. The summed E-state index contributed by atoms with van der Waals surface area (Å²) in [6, 6.07) is 0. The number of hydrogen-bond donors (Lipinski definition) is 2. The molecule has 1 unspecified atom stereocenters. The molecule has 0 spiro atoms. The molecule has 1 aliphatic carbocycles. The maximum atomic E-state index is 11.0. The van der Waals surface area contributed by atoms with Gasteiger partial charge in [0.2, 0.25) is 0 Å². The van der Waals surface area contributed by atoms with Crippen molar-refractivity contribution in [3.05, 3.63) is 0 Å². The van der Waals surface area contributed by atoms with Crippen molar-refractivity contribution in [3.63, 3.8) is 0 Å². The van der Waals surface area contributed by atoms with Gasteiger partial charge < -0.3 is 14.9 Å². The van der Waals surface area contributed by atoms with Gasteiger partial charge in [-0.05, 0) is 25.7 Å². The highest BCUT2D eigenvalue weighted by Gasteiger charge is 2.39. The normalized spacial score (nSPS) is 20.4. The molecular formula is C10H18O4. The number of aliphatic hydroxyl groups excluding tert-OH is 1. The Kier molecular flexibility index (Phi) is 3.89. The predicted molar refractivity (Wildman–Crippen MR) is 51.0 cm³/mol. The van der Waals surface area contributed by atoms with Crippen LogP contribution in [-0.4, -0.2) is 35.0 Å². The molecule has 1 fully saturated rings. The van der Waals surface area contributed by atoms with Crippen LogP contribution in [0.15, 0.2) is 0 Å². The average molecular weight is 202 g/mol. The number of aliphatic hydroxyl groups is 1. The van der Waals surface area contributed by atoms with Crippen molar-refractivity contribution in [3.8, 4) is 0 Å². The van der Waals surface area contributed by atoms with Crippen molar-refractivity contribution in [2.24, 2.45) is 5.92 Å². The number of carboxylic acids is 1. The smallest absolute Gasteiger partial charge is 0.335 e. The summed E-state index contributed by atoms with van der Waals surface area (Å²) in [5.74, 6) is -0.382. The fraction of sp³-hybridized carbons (Fsp3) is 0.900. The first-order chi connectivity index (χ1) is 6.58. The Labute approximate surface area is 83.9 Å². The molecule has 4 heteroatoms. The van der Waals surface area contributed by atoms with Gasteiger partial charge in [-0.15, -0.1) is 0 Å². The monoisotopic (exact) mass is 202 g/mol. The molecule has 1 rings (SSSR count). The molecule has 1 aliphatic rings. The predicted octanol–water partition coefficient (Wildman–Crippen LogP) is 1.03. The molecule has 0 radical (unpaired) electrons. The molecule has 0 amide bonds. The van der Waals surface area contributed by atoms with Gasteiger partial charge in [-0.25, -0.2) is 4.79 Å². The molecule has 0 aliphatic heterocycles. The second kappa shape index (κ2) is 4.75. The van der Waals surface area contributed by atoms with Crippen molar-refractivity contribution in [2.75, 3.05) is 13.2 Å². The Balaban J connectivity index is 2.38. The van der Waals surface area contributed by atoms with Crippen LogP contribution >= 0.6 is 0 Å². The third-order valence-corrected chi connectivity index (χ3v) is 2.55. The van der Waals surface area contributed by atoms with Crippen LogP contribution < -0.4 is 0 Å². The lowest BCUT2D eigenvalue weighted by Gasteiger charge is -2.25. The van der Waals surface area contributed by atoms with Crippen molar-refractivity contribution in [1.29, 1.82) is 0 Å². The van der Waals surface area contributed by atoms with E-state index in [1.54, 1.807) is 6.92 Å². The molecule has 2 N–H and O–H groups in total. The van der Waals surface area contributed by atoms with Gasteiger partial charge in [0.25, 0.3) is 0 Å². The summed E-state index contributed by atoms with van der Waals surface area (Å²) in [7, 11) is 0. The van der Waals surface area contributed by atoms with Crippen LogP contribution in [0.5, 0.6) is 0 Å². The summed E-state index contributed by atoms with van der Waals surface area (Å²) in [6.45, 7) is 1.97. The molecule has 0 bridgehead atoms. The minimum absolute atomic E-state index is 0.0408. The van der Waals surface area contributed by atoms with E-state index in [9.17, 15) is 4.79 Å². The fourth-order valence-corrected chi connectivity index (χ4v) is 1.44. The van der Waals surface area contributed by atoms with E-state index in [0.29, 0.717) is 25.4 Å². The van der Waals surface area contributed by atoms with E-state index in [4.69, 9.17) is 14.9 Å². The van der Waals surface area contributed by atoms with Gasteiger partial charge in [-0.3, -0.25) is 0 Å². The lowest BCUT2D eigenvalue weighted by Crippen LogP contribution is -2.39. The quantitative estimate of drug-likeness (QED) is 0.605. The molecule has 14 heavy (non-hydrogen) atoms. The molecule has 0 aromatic heterocycles. The van der Waals surface area contributed by atoms with Gasteiger partial charge in [-0.2, -0.15) is 0 Å². The van der Waals surface area contributed by atoms with Gasteiger partial charge in [0, 0.05) is 6.61 Å². The minimum atomic E-state index is -1.06. The van der Waals surface area contributed by atoms with Gasteiger partial charge in [0.05, 0.1) is 6.61 Å². The molecule has 0 aromatic rings. The van der Waals surface area contributed by atoms with E-state index < -0.39 is 11.6 Å². The Bertz CT molecular complexity index is 200. The van der Waals surface area contributed by atoms with E-state index in [1.165, 1.54) is 0 Å². The second-order valence-electron chi connectivity index (χ2n) is 4.11. The van der Waals surface area contributed by atoms with Crippen LogP contribution in [-0.2, 0) is 9.53 Å². The number of rotatable bonds is 7. The lowest BCUT2D eigenvalue weighted by atomic mass is 9.99. The van der Waals surface area contributed by atoms with Gasteiger partial charge in [0.15, 0.2) is 5.60 Å². The Morgan fingerprint density at radius 2 is 2.21 bits per heavy atom. The van der Waals surface area contributed by atoms with Gasteiger partial charge in [0.1, 0.15) is 0 Å². The van der Waals surface area contributed by atoms with Crippen molar-refractivity contribution >= 4 is 5.97 Å². The summed E-state index contributed by atoms with van der Waals surface area (Å²) < 4.78 is 5.32. The number of carboxylic acid groups (broad SMARTS) is 1. The first-order valence-corrected chi connectivity index (χ1v) is 5.07. The maximum Gasteiger partial charge on any atom is 0.335 e. The average Bonchev–Trinajstić information content (AvgIpc) is 2.88. The van der Waals surface area contributed by atoms with Gasteiger partial charge in [-0.1, -0.05) is 12.8 Å². The van der Waals surface area contributed by atoms with Crippen LogP contribution in [0.2, 0.25) is 0 Å². The van der Waals surface area contributed by atoms with E-state index in [0.717, 1.165) is 12.8 Å². The fourth-order valence-electron chi connectivity index (χ4n) is 1.44. The number of hydrogen-bond acceptors (Lipinski definition) is 3. The Morgan fingerprint density at radius 3 is 2.64 bits per heavy atom. The zero-order valence-electron chi connectivity index (χ0n) is 8.53. The summed E-state index contributed by atoms with van der Waals surface area (Å²) in [4.78, 5) is 11.0. The highest BCUT2D eigenvalue weighted by molar-refractivity contribution is 5.76. The summed E-state index contributed by atoms with van der Waals surface area (Å²) >= 11 is 0. The van der Waals surface area contributed by atoms with E-state index in [1.807, 2.05) is 0 Å². The standard InChI is InChI=1S/C10H18O4/c1-10(9(12)13,7-8-3-4-8)14-6-2-5-11/h8,11H,2-7H2,1H3,(H,12,13). The summed E-state index contributed by atoms with van der Waals surface area (Å²) in [5.41, 5.74) is -1.06. The molecule has 0 heterocycles. The van der Waals surface area contributed by atoms with Crippen LogP contribution in [0.3, 0.4) is 0 Å². The largest absolute Gasteiger partial charge is 0.479 e. The molecule has 1 saturated carbocycles. The maximum absolute atomic E-state index is 11.0. The third-order valence-electron chi connectivity index (χ3n) is 2.55. The number of carbonyl (C=O) groups is 1. The van der Waals surface area contributed by atoms with E-state index in [2.05, 4.69) is 0 Å². The molecule has 82 valence electrons. The molecule has 0 saturated heterocycles.